The third-order valence-corrected chi connectivity index (χ3v) is 3.33. The molecule has 0 bridgehead atoms. The maximum absolute atomic E-state index is 11.4. The lowest BCUT2D eigenvalue weighted by atomic mass is 10.1. The molecule has 0 aliphatic rings. The molecule has 78 valence electrons. The normalized spacial score (nSPS) is 11.4. The van der Waals surface area contributed by atoms with E-state index in [9.17, 15) is 4.79 Å². The van der Waals surface area contributed by atoms with Gasteiger partial charge in [0.2, 0.25) is 5.91 Å². The lowest BCUT2D eigenvalue weighted by Gasteiger charge is -2.17. The largest absolute Gasteiger partial charge is 0.350 e. The minimum absolute atomic E-state index is 0.137. The van der Waals surface area contributed by atoms with Crippen molar-refractivity contribution < 1.29 is 4.79 Å². The van der Waals surface area contributed by atoms with Crippen LogP contribution in [0.1, 0.15) is 18.7 Å². The number of carbonyl (C=O) groups is 1. The number of rotatable bonds is 3. The predicted molar refractivity (Wildman–Crippen MR) is 62.1 cm³/mol. The van der Waals surface area contributed by atoms with E-state index in [2.05, 4.69) is 21.2 Å². The van der Waals surface area contributed by atoms with Crippen LogP contribution in [-0.2, 0) is 11.3 Å². The first-order chi connectivity index (χ1) is 6.39. The molecule has 1 aromatic rings. The molecule has 1 aromatic heterocycles. The van der Waals surface area contributed by atoms with E-state index in [-0.39, 0.29) is 5.91 Å². The van der Waals surface area contributed by atoms with Crippen molar-refractivity contribution >= 4 is 33.2 Å². The van der Waals surface area contributed by atoms with Crippen molar-refractivity contribution in [2.45, 2.75) is 25.9 Å². The van der Waals surface area contributed by atoms with Gasteiger partial charge in [-0.05, 0) is 35.8 Å². The van der Waals surface area contributed by atoms with E-state index in [1.807, 2.05) is 11.4 Å². The Morgan fingerprint density at radius 3 is 2.79 bits per heavy atom. The van der Waals surface area contributed by atoms with Crippen molar-refractivity contribution in [3.8, 4) is 0 Å². The number of halogens is 1. The first-order valence-corrected chi connectivity index (χ1v) is 5.87. The van der Waals surface area contributed by atoms with Crippen molar-refractivity contribution in [2.75, 3.05) is 0 Å². The molecule has 0 aromatic carbocycles. The van der Waals surface area contributed by atoms with Gasteiger partial charge in [0.05, 0.1) is 12.1 Å². The summed E-state index contributed by atoms with van der Waals surface area (Å²) in [4.78, 5) is 12.5. The van der Waals surface area contributed by atoms with E-state index in [0.717, 1.165) is 9.35 Å². The maximum atomic E-state index is 11.4. The molecule has 0 aliphatic heterocycles. The molecule has 0 fully saturated rings. The van der Waals surface area contributed by atoms with E-state index >= 15 is 0 Å². The van der Waals surface area contributed by atoms with Crippen LogP contribution in [0.2, 0.25) is 0 Å². The molecule has 1 rings (SSSR count). The van der Waals surface area contributed by atoms with Crippen LogP contribution in [-0.4, -0.2) is 11.4 Å². The minimum atomic E-state index is -0.811. The summed E-state index contributed by atoms with van der Waals surface area (Å²) in [5.74, 6) is -0.137. The first-order valence-electron chi connectivity index (χ1n) is 4.19. The number of amides is 1. The summed E-state index contributed by atoms with van der Waals surface area (Å²) >= 11 is 4.95. The Kier molecular flexibility index (Phi) is 3.69. The van der Waals surface area contributed by atoms with E-state index in [4.69, 9.17) is 5.73 Å². The molecule has 1 amide bonds. The highest BCUT2D eigenvalue weighted by Gasteiger charge is 2.21. The van der Waals surface area contributed by atoms with Gasteiger partial charge in [-0.2, -0.15) is 0 Å². The summed E-state index contributed by atoms with van der Waals surface area (Å²) in [6.07, 6.45) is 0. The molecule has 0 saturated carbocycles. The summed E-state index contributed by atoms with van der Waals surface area (Å²) in [5, 5.41) is 4.76. The smallest absolute Gasteiger partial charge is 0.239 e. The Labute approximate surface area is 95.8 Å². The number of thiophene rings is 1. The monoisotopic (exact) mass is 276 g/mol. The summed E-state index contributed by atoms with van der Waals surface area (Å²) < 4.78 is 1.04. The fraction of sp³-hybridized carbons (Fsp3) is 0.444. The second-order valence-electron chi connectivity index (χ2n) is 3.64. The highest BCUT2D eigenvalue weighted by molar-refractivity contribution is 9.10. The second kappa shape index (κ2) is 4.42. The van der Waals surface area contributed by atoms with Gasteiger partial charge in [0, 0.05) is 14.7 Å². The van der Waals surface area contributed by atoms with Gasteiger partial charge in [-0.15, -0.1) is 11.3 Å². The Hall–Kier alpha value is -0.390. The van der Waals surface area contributed by atoms with Crippen LogP contribution >= 0.6 is 27.3 Å². The molecular weight excluding hydrogens is 264 g/mol. The zero-order chi connectivity index (χ0) is 10.8. The Morgan fingerprint density at radius 1 is 1.71 bits per heavy atom. The molecule has 1 heterocycles. The summed E-state index contributed by atoms with van der Waals surface area (Å²) in [7, 11) is 0. The minimum Gasteiger partial charge on any atom is -0.350 e. The molecular formula is C9H13BrN2OS. The van der Waals surface area contributed by atoms with Gasteiger partial charge in [-0.3, -0.25) is 4.79 Å². The third-order valence-electron chi connectivity index (χ3n) is 1.63. The quantitative estimate of drug-likeness (QED) is 0.886. The molecule has 0 atom stereocenters. The van der Waals surface area contributed by atoms with Crippen molar-refractivity contribution in [3.63, 3.8) is 0 Å². The van der Waals surface area contributed by atoms with Crippen LogP contribution in [0, 0.1) is 0 Å². The lowest BCUT2D eigenvalue weighted by molar-refractivity contribution is -0.125. The Bertz CT molecular complexity index is 330. The van der Waals surface area contributed by atoms with Crippen molar-refractivity contribution in [2.24, 2.45) is 5.73 Å². The standard InChI is InChI=1S/C9H13BrN2OS/c1-9(2,11)8(13)12-4-7-3-6(10)5-14-7/h3,5H,4,11H2,1-2H3,(H,12,13). The van der Waals surface area contributed by atoms with Crippen LogP contribution in [0.25, 0.3) is 0 Å². The first kappa shape index (κ1) is 11.7. The average molecular weight is 277 g/mol. The highest BCUT2D eigenvalue weighted by atomic mass is 79.9. The molecule has 3 nitrogen and oxygen atoms in total. The van der Waals surface area contributed by atoms with Gasteiger partial charge in [0.15, 0.2) is 0 Å². The number of nitrogens with one attached hydrogen (secondary N) is 1. The molecule has 0 aliphatic carbocycles. The zero-order valence-corrected chi connectivity index (χ0v) is 10.5. The molecule has 0 saturated heterocycles. The van der Waals surface area contributed by atoms with E-state index in [1.165, 1.54) is 0 Å². The number of hydrogen-bond donors (Lipinski definition) is 2. The SMILES string of the molecule is CC(C)(N)C(=O)NCc1cc(Br)cs1. The second-order valence-corrected chi connectivity index (χ2v) is 5.55. The fourth-order valence-electron chi connectivity index (χ4n) is 0.842. The van der Waals surface area contributed by atoms with E-state index in [1.54, 1.807) is 25.2 Å². The maximum Gasteiger partial charge on any atom is 0.239 e. The average Bonchev–Trinajstić information content (AvgIpc) is 2.45. The molecule has 0 unspecified atom stereocenters. The number of carbonyl (C=O) groups excluding carboxylic acids is 1. The lowest BCUT2D eigenvalue weighted by Crippen LogP contribution is -2.48. The van der Waals surface area contributed by atoms with Crippen LogP contribution in [0.15, 0.2) is 15.9 Å². The van der Waals surface area contributed by atoms with Crippen molar-refractivity contribution in [1.29, 1.82) is 0 Å². The summed E-state index contributed by atoms with van der Waals surface area (Å²) in [6, 6.07) is 1.98. The molecule has 0 spiro atoms. The summed E-state index contributed by atoms with van der Waals surface area (Å²) in [5.41, 5.74) is 4.82. The van der Waals surface area contributed by atoms with Crippen molar-refractivity contribution in [1.82, 2.24) is 5.32 Å². The zero-order valence-electron chi connectivity index (χ0n) is 8.13. The Morgan fingerprint density at radius 2 is 2.36 bits per heavy atom. The molecule has 14 heavy (non-hydrogen) atoms. The highest BCUT2D eigenvalue weighted by Crippen LogP contribution is 2.19. The number of nitrogens with two attached hydrogens (primary N) is 1. The van der Waals surface area contributed by atoms with Gasteiger partial charge in [-0.25, -0.2) is 0 Å². The van der Waals surface area contributed by atoms with Crippen LogP contribution in [0.4, 0.5) is 0 Å². The van der Waals surface area contributed by atoms with Crippen LogP contribution in [0.3, 0.4) is 0 Å². The van der Waals surface area contributed by atoms with Gasteiger partial charge in [0.25, 0.3) is 0 Å². The van der Waals surface area contributed by atoms with Crippen LogP contribution < -0.4 is 11.1 Å². The number of hydrogen-bond acceptors (Lipinski definition) is 3. The Balaban J connectivity index is 2.46. The van der Waals surface area contributed by atoms with Crippen LogP contribution in [0.5, 0.6) is 0 Å². The molecule has 5 heteroatoms. The predicted octanol–water partition coefficient (Wildman–Crippen LogP) is 1.86. The third kappa shape index (κ3) is 3.40. The van der Waals surface area contributed by atoms with Crippen molar-refractivity contribution in [3.05, 3.63) is 20.8 Å². The molecule has 3 N–H and O–H groups in total. The van der Waals surface area contributed by atoms with E-state index in [0.29, 0.717) is 6.54 Å². The van der Waals surface area contributed by atoms with Gasteiger partial charge < -0.3 is 11.1 Å². The molecule has 0 radical (unpaired) electrons. The topological polar surface area (TPSA) is 55.1 Å². The van der Waals surface area contributed by atoms with Gasteiger partial charge >= 0.3 is 0 Å². The summed E-state index contributed by atoms with van der Waals surface area (Å²) in [6.45, 7) is 3.91. The van der Waals surface area contributed by atoms with Gasteiger partial charge in [0.1, 0.15) is 0 Å². The van der Waals surface area contributed by atoms with Gasteiger partial charge in [-0.1, -0.05) is 0 Å². The fourth-order valence-corrected chi connectivity index (χ4v) is 2.23. The van der Waals surface area contributed by atoms with E-state index < -0.39 is 5.54 Å².